The number of rotatable bonds is 2. The summed E-state index contributed by atoms with van der Waals surface area (Å²) in [5, 5.41) is 0. The van der Waals surface area contributed by atoms with Crippen LogP contribution in [-0.2, 0) is 4.75 Å². The van der Waals surface area contributed by atoms with Gasteiger partial charge in [-0.3, -0.25) is 0 Å². The van der Waals surface area contributed by atoms with E-state index in [2.05, 4.69) is 75.9 Å². The van der Waals surface area contributed by atoms with Gasteiger partial charge in [0.2, 0.25) is 0 Å². The first-order valence-electron chi connectivity index (χ1n) is 5.87. The number of benzene rings is 2. The fourth-order valence-corrected chi connectivity index (χ4v) is 2.06. The maximum absolute atomic E-state index is 4.65. The van der Waals surface area contributed by atoms with E-state index in [-0.39, 0.29) is 4.75 Å². The molecule has 2 rings (SSSR count). The second kappa shape index (κ2) is 4.58. The second-order valence-electron chi connectivity index (χ2n) is 5.01. The first-order valence-corrected chi connectivity index (χ1v) is 6.31. The fourth-order valence-electron chi connectivity index (χ4n) is 1.93. The van der Waals surface area contributed by atoms with Crippen LogP contribution in [0.25, 0.3) is 11.1 Å². The maximum Gasteiger partial charge on any atom is 0.0322 e. The van der Waals surface area contributed by atoms with Crippen molar-refractivity contribution in [2.45, 2.75) is 25.5 Å². The molecule has 88 valence electrons. The Hall–Kier alpha value is -1.21. The Morgan fingerprint density at radius 2 is 1.53 bits per heavy atom. The molecule has 0 atom stereocenters. The quantitative estimate of drug-likeness (QED) is 0.717. The third kappa shape index (κ3) is 2.92. The summed E-state index contributed by atoms with van der Waals surface area (Å²) in [6.07, 6.45) is 0. The summed E-state index contributed by atoms with van der Waals surface area (Å²) in [4.78, 5) is 0. The average molecular weight is 242 g/mol. The van der Waals surface area contributed by atoms with Gasteiger partial charge < -0.3 is 0 Å². The fraction of sp³-hybridized carbons (Fsp3) is 0.250. The van der Waals surface area contributed by atoms with Gasteiger partial charge in [0.15, 0.2) is 0 Å². The number of aryl methyl sites for hydroxylation is 1. The Kier molecular flexibility index (Phi) is 3.30. The highest BCUT2D eigenvalue weighted by molar-refractivity contribution is 7.81. The van der Waals surface area contributed by atoms with Gasteiger partial charge in [-0.15, -0.1) is 0 Å². The van der Waals surface area contributed by atoms with Gasteiger partial charge in [-0.1, -0.05) is 48.0 Å². The van der Waals surface area contributed by atoms with E-state index in [1.807, 2.05) is 6.07 Å². The summed E-state index contributed by atoms with van der Waals surface area (Å²) >= 11 is 4.65. The molecule has 0 heterocycles. The van der Waals surface area contributed by atoms with E-state index < -0.39 is 0 Å². The molecule has 2 aromatic carbocycles. The van der Waals surface area contributed by atoms with Crippen molar-refractivity contribution < 1.29 is 0 Å². The Bertz CT molecular complexity index is 507. The Morgan fingerprint density at radius 3 is 2.12 bits per heavy atom. The van der Waals surface area contributed by atoms with Crippen molar-refractivity contribution in [1.29, 1.82) is 0 Å². The molecule has 0 aliphatic heterocycles. The summed E-state index contributed by atoms with van der Waals surface area (Å²) in [7, 11) is 0. The van der Waals surface area contributed by atoms with Crippen molar-refractivity contribution in [3.8, 4) is 11.1 Å². The van der Waals surface area contributed by atoms with Crippen molar-refractivity contribution in [1.82, 2.24) is 0 Å². The molecule has 2 aromatic rings. The van der Waals surface area contributed by atoms with Gasteiger partial charge in [-0.05, 0) is 43.5 Å². The molecule has 0 amide bonds. The molecule has 0 bridgehead atoms. The van der Waals surface area contributed by atoms with Crippen LogP contribution in [-0.4, -0.2) is 0 Å². The largest absolute Gasteiger partial charge is 0.168 e. The summed E-state index contributed by atoms with van der Waals surface area (Å²) < 4.78 is -0.102. The zero-order valence-corrected chi connectivity index (χ0v) is 11.5. The van der Waals surface area contributed by atoms with Gasteiger partial charge in [0.05, 0.1) is 0 Å². The standard InChI is InChI=1S/C16H18S/c1-12-9-14(13-7-5-4-6-8-13)11-15(10-12)16(2,3)17/h4-11,17H,1-3H3. The van der Waals surface area contributed by atoms with Crippen molar-refractivity contribution in [2.24, 2.45) is 0 Å². The van der Waals surface area contributed by atoms with E-state index in [0.29, 0.717) is 0 Å². The van der Waals surface area contributed by atoms with E-state index >= 15 is 0 Å². The van der Waals surface area contributed by atoms with E-state index in [4.69, 9.17) is 0 Å². The minimum absolute atomic E-state index is 0.102. The predicted molar refractivity (Wildman–Crippen MR) is 78.6 cm³/mol. The van der Waals surface area contributed by atoms with E-state index in [1.54, 1.807) is 0 Å². The van der Waals surface area contributed by atoms with Gasteiger partial charge in [-0.2, -0.15) is 12.6 Å². The summed E-state index contributed by atoms with van der Waals surface area (Å²) in [5.74, 6) is 0. The normalized spacial score (nSPS) is 11.5. The molecule has 0 radical (unpaired) electrons. The van der Waals surface area contributed by atoms with Crippen LogP contribution in [0.15, 0.2) is 48.5 Å². The van der Waals surface area contributed by atoms with Crippen LogP contribution in [0, 0.1) is 6.92 Å². The molecule has 0 fully saturated rings. The second-order valence-corrected chi connectivity index (χ2v) is 6.13. The Balaban J connectivity index is 2.54. The van der Waals surface area contributed by atoms with Crippen LogP contribution in [0.4, 0.5) is 0 Å². The number of hydrogen-bond donors (Lipinski definition) is 1. The third-order valence-corrected chi connectivity index (χ3v) is 3.15. The summed E-state index contributed by atoms with van der Waals surface area (Å²) in [5.41, 5.74) is 5.07. The molecule has 0 aromatic heterocycles. The topological polar surface area (TPSA) is 0 Å². The monoisotopic (exact) mass is 242 g/mol. The Morgan fingerprint density at radius 1 is 0.882 bits per heavy atom. The van der Waals surface area contributed by atoms with Crippen LogP contribution in [0.3, 0.4) is 0 Å². The minimum Gasteiger partial charge on any atom is -0.168 e. The van der Waals surface area contributed by atoms with Crippen LogP contribution in [0.1, 0.15) is 25.0 Å². The first-order chi connectivity index (χ1) is 7.97. The van der Waals surface area contributed by atoms with Crippen molar-refractivity contribution in [2.75, 3.05) is 0 Å². The van der Waals surface area contributed by atoms with Gasteiger partial charge >= 0.3 is 0 Å². The molecular weight excluding hydrogens is 224 g/mol. The number of thiol groups is 1. The van der Waals surface area contributed by atoms with Crippen LogP contribution >= 0.6 is 12.6 Å². The zero-order chi connectivity index (χ0) is 12.5. The van der Waals surface area contributed by atoms with Crippen LogP contribution in [0.5, 0.6) is 0 Å². The lowest BCUT2D eigenvalue weighted by Gasteiger charge is -2.20. The van der Waals surface area contributed by atoms with Crippen LogP contribution < -0.4 is 0 Å². The summed E-state index contributed by atoms with van der Waals surface area (Å²) in [6.45, 7) is 6.38. The van der Waals surface area contributed by atoms with E-state index in [9.17, 15) is 0 Å². The molecule has 0 spiro atoms. The molecule has 17 heavy (non-hydrogen) atoms. The minimum atomic E-state index is -0.102. The molecule has 0 saturated carbocycles. The van der Waals surface area contributed by atoms with Gasteiger partial charge in [0.25, 0.3) is 0 Å². The third-order valence-electron chi connectivity index (χ3n) is 2.89. The molecular formula is C16H18S. The SMILES string of the molecule is Cc1cc(-c2ccccc2)cc(C(C)(C)S)c1. The molecule has 0 nitrogen and oxygen atoms in total. The number of hydrogen-bond acceptors (Lipinski definition) is 1. The highest BCUT2D eigenvalue weighted by Gasteiger charge is 2.15. The van der Waals surface area contributed by atoms with E-state index in [0.717, 1.165) is 0 Å². The molecule has 0 N–H and O–H groups in total. The Labute approximate surface area is 109 Å². The molecule has 0 aliphatic rings. The molecule has 0 aliphatic carbocycles. The molecule has 0 unspecified atom stereocenters. The molecule has 0 saturated heterocycles. The van der Waals surface area contributed by atoms with Gasteiger partial charge in [0, 0.05) is 4.75 Å². The van der Waals surface area contributed by atoms with Crippen molar-refractivity contribution >= 4 is 12.6 Å². The van der Waals surface area contributed by atoms with Crippen molar-refractivity contribution in [3.63, 3.8) is 0 Å². The van der Waals surface area contributed by atoms with E-state index in [1.165, 1.54) is 22.3 Å². The molecule has 1 heteroatoms. The van der Waals surface area contributed by atoms with Gasteiger partial charge in [-0.25, -0.2) is 0 Å². The lowest BCUT2D eigenvalue weighted by atomic mass is 9.94. The predicted octanol–water partition coefficient (Wildman–Crippen LogP) is 4.83. The van der Waals surface area contributed by atoms with Crippen molar-refractivity contribution in [3.05, 3.63) is 59.7 Å². The van der Waals surface area contributed by atoms with Gasteiger partial charge in [0.1, 0.15) is 0 Å². The lowest BCUT2D eigenvalue weighted by Crippen LogP contribution is -2.07. The summed E-state index contributed by atoms with van der Waals surface area (Å²) in [6, 6.07) is 17.1. The highest BCUT2D eigenvalue weighted by Crippen LogP contribution is 2.31. The smallest absolute Gasteiger partial charge is 0.0322 e. The zero-order valence-electron chi connectivity index (χ0n) is 10.6. The first kappa shape index (κ1) is 12.3. The van der Waals surface area contributed by atoms with Crippen LogP contribution in [0.2, 0.25) is 0 Å². The maximum atomic E-state index is 4.65. The highest BCUT2D eigenvalue weighted by atomic mass is 32.1. The lowest BCUT2D eigenvalue weighted by molar-refractivity contribution is 0.790. The average Bonchev–Trinajstić information content (AvgIpc) is 2.28.